The fourth-order valence-electron chi connectivity index (χ4n) is 2.04. The average molecular weight is 381 g/mol. The summed E-state index contributed by atoms with van der Waals surface area (Å²) < 4.78 is 5.32. The second-order valence-corrected chi connectivity index (χ2v) is 6.56. The van der Waals surface area contributed by atoms with Crippen LogP contribution in [0.5, 0.6) is 0 Å². The van der Waals surface area contributed by atoms with E-state index in [1.54, 1.807) is 12.1 Å². The summed E-state index contributed by atoms with van der Waals surface area (Å²) in [5, 5.41) is 4.08. The predicted octanol–water partition coefficient (Wildman–Crippen LogP) is 4.64. The summed E-state index contributed by atoms with van der Waals surface area (Å²) in [5.41, 5.74) is 1.30. The molecule has 1 N–H and O–H groups in total. The van der Waals surface area contributed by atoms with Gasteiger partial charge in [-0.1, -0.05) is 34.5 Å². The highest BCUT2D eigenvalue weighted by Gasteiger charge is 2.14. The molecule has 0 spiro atoms. The third kappa shape index (κ3) is 3.21. The summed E-state index contributed by atoms with van der Waals surface area (Å²) >= 11 is 13.4. The van der Waals surface area contributed by atoms with Crippen LogP contribution in [0.4, 0.5) is 5.13 Å². The van der Waals surface area contributed by atoms with E-state index in [2.05, 4.69) is 15.0 Å². The van der Waals surface area contributed by atoms with Gasteiger partial charge in [-0.2, -0.15) is 0 Å². The molecule has 3 aromatic rings. The Balaban J connectivity index is 1.83. The van der Waals surface area contributed by atoms with Gasteiger partial charge in [0, 0.05) is 5.56 Å². The van der Waals surface area contributed by atoms with Crippen molar-refractivity contribution >= 4 is 61.8 Å². The molecule has 0 radical (unpaired) electrons. The lowest BCUT2D eigenvalue weighted by atomic mass is 10.1. The molecule has 0 saturated carbocycles. The number of amides is 1. The minimum atomic E-state index is -0.461. The van der Waals surface area contributed by atoms with Crippen molar-refractivity contribution in [3.8, 4) is 0 Å². The second kappa shape index (κ2) is 6.76. The number of hydrogen-bond donors (Lipinski definition) is 1. The number of hydrogen-bond acceptors (Lipinski definition) is 5. The zero-order valence-corrected chi connectivity index (χ0v) is 14.6. The van der Waals surface area contributed by atoms with E-state index in [4.69, 9.17) is 23.2 Å². The van der Waals surface area contributed by atoms with Gasteiger partial charge in [-0.3, -0.25) is 10.1 Å². The molecule has 2 aromatic carbocycles. The van der Waals surface area contributed by atoms with Crippen LogP contribution in [0.1, 0.15) is 20.7 Å². The van der Waals surface area contributed by atoms with Crippen LogP contribution >= 0.6 is 34.5 Å². The number of esters is 1. The number of benzene rings is 2. The van der Waals surface area contributed by atoms with E-state index in [9.17, 15) is 9.59 Å². The lowest BCUT2D eigenvalue weighted by Gasteiger charge is -2.03. The van der Waals surface area contributed by atoms with Crippen LogP contribution < -0.4 is 5.32 Å². The Kier molecular flexibility index (Phi) is 4.71. The Hall–Kier alpha value is -2.15. The van der Waals surface area contributed by atoms with Crippen LogP contribution in [0.25, 0.3) is 10.2 Å². The number of methoxy groups -OCH3 is 1. The maximum atomic E-state index is 12.3. The summed E-state index contributed by atoms with van der Waals surface area (Å²) in [6.45, 7) is 0. The van der Waals surface area contributed by atoms with E-state index in [1.807, 2.05) is 0 Å². The molecule has 0 bridgehead atoms. The minimum Gasteiger partial charge on any atom is -0.465 e. The van der Waals surface area contributed by atoms with Crippen molar-refractivity contribution in [3.63, 3.8) is 0 Å². The van der Waals surface area contributed by atoms with Crippen molar-refractivity contribution in [1.29, 1.82) is 0 Å². The molecule has 8 heteroatoms. The van der Waals surface area contributed by atoms with E-state index in [0.717, 1.165) is 0 Å². The first-order chi connectivity index (χ1) is 11.5. The number of halogens is 2. The maximum absolute atomic E-state index is 12.3. The molecule has 1 aromatic heterocycles. The van der Waals surface area contributed by atoms with Crippen LogP contribution in [0, 0.1) is 0 Å². The second-order valence-electron chi connectivity index (χ2n) is 4.75. The highest BCUT2D eigenvalue weighted by atomic mass is 35.5. The first-order valence-electron chi connectivity index (χ1n) is 6.74. The molecule has 3 rings (SSSR count). The van der Waals surface area contributed by atoms with Gasteiger partial charge in [0.1, 0.15) is 5.52 Å². The van der Waals surface area contributed by atoms with E-state index in [0.29, 0.717) is 36.5 Å². The van der Waals surface area contributed by atoms with Crippen LogP contribution in [0.2, 0.25) is 10.0 Å². The monoisotopic (exact) mass is 380 g/mol. The molecule has 0 aliphatic carbocycles. The molecule has 5 nitrogen and oxygen atoms in total. The van der Waals surface area contributed by atoms with Crippen LogP contribution in [-0.2, 0) is 4.74 Å². The van der Waals surface area contributed by atoms with Gasteiger partial charge in [-0.25, -0.2) is 9.78 Å². The van der Waals surface area contributed by atoms with Crippen molar-refractivity contribution < 1.29 is 14.3 Å². The molecule has 1 heterocycles. The van der Waals surface area contributed by atoms with E-state index < -0.39 is 5.97 Å². The number of thiazole rings is 1. The first-order valence-corrected chi connectivity index (χ1v) is 8.31. The summed E-state index contributed by atoms with van der Waals surface area (Å²) in [6, 6.07) is 9.45. The Labute approximate surface area is 151 Å². The van der Waals surface area contributed by atoms with Gasteiger partial charge >= 0.3 is 5.97 Å². The van der Waals surface area contributed by atoms with E-state index in [-0.39, 0.29) is 5.91 Å². The molecule has 0 aliphatic heterocycles. The summed E-state index contributed by atoms with van der Waals surface area (Å²) in [6.07, 6.45) is 0. The minimum absolute atomic E-state index is 0.349. The molecule has 0 aliphatic rings. The van der Waals surface area contributed by atoms with Crippen molar-refractivity contribution in [2.45, 2.75) is 0 Å². The molecule has 0 atom stereocenters. The Bertz CT molecular complexity index is 899. The third-order valence-corrected chi connectivity index (χ3v) is 4.97. The number of rotatable bonds is 3. The average Bonchev–Trinajstić information content (AvgIpc) is 3.02. The standard InChI is InChI=1S/C16H10Cl2N2O3S/c1-23-15(22)9-4-2-8(3-5-9)14(21)20-16-19-12-10(17)6-7-11(18)13(12)24-16/h2-7H,1H3,(H,19,20,21). The maximum Gasteiger partial charge on any atom is 0.337 e. The Morgan fingerprint density at radius 2 is 1.67 bits per heavy atom. The topological polar surface area (TPSA) is 68.3 Å². The molecule has 0 unspecified atom stereocenters. The molecular formula is C16H10Cl2N2O3S. The number of aromatic nitrogens is 1. The number of carbonyl (C=O) groups excluding carboxylic acids is 2. The number of anilines is 1. The predicted molar refractivity (Wildman–Crippen MR) is 95.4 cm³/mol. The van der Waals surface area contributed by atoms with Crippen molar-refractivity contribution in [1.82, 2.24) is 4.98 Å². The van der Waals surface area contributed by atoms with Gasteiger partial charge in [0.15, 0.2) is 5.13 Å². The van der Waals surface area contributed by atoms with Gasteiger partial charge in [0.05, 0.1) is 27.4 Å². The Morgan fingerprint density at radius 1 is 1.04 bits per heavy atom. The fraction of sp³-hybridized carbons (Fsp3) is 0.0625. The molecular weight excluding hydrogens is 371 g/mol. The quantitative estimate of drug-likeness (QED) is 0.671. The molecule has 0 saturated heterocycles. The van der Waals surface area contributed by atoms with E-state index >= 15 is 0 Å². The zero-order valence-electron chi connectivity index (χ0n) is 12.3. The normalized spacial score (nSPS) is 10.6. The lowest BCUT2D eigenvalue weighted by molar-refractivity contribution is 0.0600. The van der Waals surface area contributed by atoms with Crippen LogP contribution in [-0.4, -0.2) is 24.0 Å². The number of carbonyl (C=O) groups is 2. The lowest BCUT2D eigenvalue weighted by Crippen LogP contribution is -2.12. The zero-order chi connectivity index (χ0) is 17.3. The Morgan fingerprint density at radius 3 is 2.29 bits per heavy atom. The molecule has 1 amide bonds. The van der Waals surface area contributed by atoms with Crippen LogP contribution in [0.15, 0.2) is 36.4 Å². The van der Waals surface area contributed by atoms with Crippen molar-refractivity contribution in [2.75, 3.05) is 12.4 Å². The van der Waals surface area contributed by atoms with Gasteiger partial charge in [0.2, 0.25) is 0 Å². The molecule has 122 valence electrons. The molecule has 24 heavy (non-hydrogen) atoms. The number of ether oxygens (including phenoxy) is 1. The van der Waals surface area contributed by atoms with Crippen molar-refractivity contribution in [2.24, 2.45) is 0 Å². The third-order valence-electron chi connectivity index (χ3n) is 3.23. The van der Waals surface area contributed by atoms with Gasteiger partial charge in [-0.05, 0) is 36.4 Å². The summed E-state index contributed by atoms with van der Waals surface area (Å²) in [5.74, 6) is -0.810. The summed E-state index contributed by atoms with van der Waals surface area (Å²) in [4.78, 5) is 28.0. The SMILES string of the molecule is COC(=O)c1ccc(C(=O)Nc2nc3c(Cl)ccc(Cl)c3s2)cc1. The van der Waals surface area contributed by atoms with Gasteiger partial charge in [-0.15, -0.1) is 0 Å². The first kappa shape index (κ1) is 16.7. The van der Waals surface area contributed by atoms with Crippen molar-refractivity contribution in [3.05, 3.63) is 57.6 Å². The van der Waals surface area contributed by atoms with E-state index in [1.165, 1.54) is 42.7 Å². The smallest absolute Gasteiger partial charge is 0.337 e. The van der Waals surface area contributed by atoms with Gasteiger partial charge in [0.25, 0.3) is 5.91 Å². The summed E-state index contributed by atoms with van der Waals surface area (Å²) in [7, 11) is 1.30. The molecule has 0 fully saturated rings. The number of nitrogens with one attached hydrogen (secondary N) is 1. The van der Waals surface area contributed by atoms with Gasteiger partial charge < -0.3 is 4.74 Å². The number of nitrogens with zero attached hydrogens (tertiary/aromatic N) is 1. The fourth-order valence-corrected chi connectivity index (χ4v) is 3.46. The van der Waals surface area contributed by atoms with Crippen LogP contribution in [0.3, 0.4) is 0 Å². The largest absolute Gasteiger partial charge is 0.465 e. The highest BCUT2D eigenvalue weighted by molar-refractivity contribution is 7.23. The number of fused-ring (bicyclic) bond motifs is 1. The highest BCUT2D eigenvalue weighted by Crippen LogP contribution is 2.36.